The summed E-state index contributed by atoms with van der Waals surface area (Å²) in [5.74, 6) is -1.49. The van der Waals surface area contributed by atoms with E-state index in [2.05, 4.69) is 5.32 Å². The van der Waals surface area contributed by atoms with E-state index in [9.17, 15) is 9.18 Å². The lowest BCUT2D eigenvalue weighted by molar-refractivity contribution is -0.131. The highest BCUT2D eigenvalue weighted by Crippen LogP contribution is 2.24. The lowest BCUT2D eigenvalue weighted by Gasteiger charge is -2.09. The molecular weight excluding hydrogens is 233 g/mol. The molecule has 1 aromatic carbocycles. The van der Waals surface area contributed by atoms with E-state index in [0.29, 0.717) is 5.57 Å². The summed E-state index contributed by atoms with van der Waals surface area (Å²) < 4.78 is 13.3. The van der Waals surface area contributed by atoms with E-state index in [0.717, 1.165) is 6.08 Å². The second-order valence-electron chi connectivity index (χ2n) is 3.28. The first-order valence-corrected chi connectivity index (χ1v) is 4.96. The molecule has 0 atom stereocenters. The van der Waals surface area contributed by atoms with Gasteiger partial charge in [0, 0.05) is 12.6 Å². The van der Waals surface area contributed by atoms with Crippen molar-refractivity contribution in [2.45, 2.75) is 6.92 Å². The highest BCUT2D eigenvalue weighted by atomic mass is 35.5. The van der Waals surface area contributed by atoms with Crippen LogP contribution >= 0.6 is 11.6 Å². The minimum atomic E-state index is -1.03. The Hall–Kier alpha value is -1.55. The third kappa shape index (κ3) is 3.55. The largest absolute Gasteiger partial charge is 0.478 e. The SMILES string of the molecule is C/C(=C/C(=O)O)CNc1c(F)cccc1Cl. The Morgan fingerprint density at radius 2 is 2.31 bits per heavy atom. The number of carboxylic acids is 1. The van der Waals surface area contributed by atoms with Crippen LogP contribution < -0.4 is 5.32 Å². The predicted molar refractivity (Wildman–Crippen MR) is 61.3 cm³/mol. The Balaban J connectivity index is 2.72. The topological polar surface area (TPSA) is 49.3 Å². The first-order valence-electron chi connectivity index (χ1n) is 4.58. The molecule has 0 amide bonds. The quantitative estimate of drug-likeness (QED) is 0.800. The van der Waals surface area contributed by atoms with Crippen LogP contribution in [0.4, 0.5) is 10.1 Å². The van der Waals surface area contributed by atoms with Gasteiger partial charge in [-0.15, -0.1) is 0 Å². The van der Waals surface area contributed by atoms with Crippen LogP contribution in [-0.4, -0.2) is 17.6 Å². The minimum absolute atomic E-state index is 0.183. The molecule has 2 N–H and O–H groups in total. The zero-order valence-corrected chi connectivity index (χ0v) is 9.38. The van der Waals surface area contributed by atoms with E-state index in [-0.39, 0.29) is 17.3 Å². The number of carboxylic acid groups (broad SMARTS) is 1. The summed E-state index contributed by atoms with van der Waals surface area (Å²) in [6.45, 7) is 1.86. The fourth-order valence-electron chi connectivity index (χ4n) is 1.16. The average molecular weight is 244 g/mol. The van der Waals surface area contributed by atoms with Crippen molar-refractivity contribution in [3.63, 3.8) is 0 Å². The van der Waals surface area contributed by atoms with Gasteiger partial charge in [-0.1, -0.05) is 17.7 Å². The monoisotopic (exact) mass is 243 g/mol. The molecule has 16 heavy (non-hydrogen) atoms. The minimum Gasteiger partial charge on any atom is -0.478 e. The Labute approximate surface area is 97.5 Å². The molecule has 0 radical (unpaired) electrons. The van der Waals surface area contributed by atoms with Gasteiger partial charge in [0.1, 0.15) is 5.82 Å². The number of anilines is 1. The number of nitrogens with one attached hydrogen (secondary N) is 1. The predicted octanol–water partition coefficient (Wildman–Crippen LogP) is 2.92. The molecule has 5 heteroatoms. The van der Waals surface area contributed by atoms with E-state index < -0.39 is 11.8 Å². The van der Waals surface area contributed by atoms with Crippen LogP contribution in [0.15, 0.2) is 29.8 Å². The van der Waals surface area contributed by atoms with E-state index >= 15 is 0 Å². The van der Waals surface area contributed by atoms with E-state index in [1.54, 1.807) is 13.0 Å². The number of aliphatic carboxylic acids is 1. The maximum atomic E-state index is 13.3. The number of benzene rings is 1. The van der Waals surface area contributed by atoms with Crippen LogP contribution in [-0.2, 0) is 4.79 Å². The standard InChI is InChI=1S/C11H11ClFNO2/c1-7(5-10(15)16)6-14-11-8(12)3-2-4-9(11)13/h2-5,14H,6H2,1H3,(H,15,16)/b7-5-. The number of rotatable bonds is 4. The van der Waals surface area contributed by atoms with Gasteiger partial charge in [-0.25, -0.2) is 9.18 Å². The second-order valence-corrected chi connectivity index (χ2v) is 3.69. The summed E-state index contributed by atoms with van der Waals surface area (Å²) in [5.41, 5.74) is 0.758. The van der Waals surface area contributed by atoms with Gasteiger partial charge < -0.3 is 10.4 Å². The molecule has 0 spiro atoms. The highest BCUT2D eigenvalue weighted by Gasteiger charge is 2.05. The summed E-state index contributed by atoms with van der Waals surface area (Å²) in [5, 5.41) is 11.5. The van der Waals surface area contributed by atoms with Gasteiger partial charge in [-0.05, 0) is 24.6 Å². The third-order valence-corrected chi connectivity index (χ3v) is 2.19. The molecule has 0 aliphatic heterocycles. The first-order chi connectivity index (χ1) is 7.50. The molecule has 0 bridgehead atoms. The maximum absolute atomic E-state index is 13.3. The number of halogens is 2. The van der Waals surface area contributed by atoms with Crippen LogP contribution in [0.2, 0.25) is 5.02 Å². The molecule has 86 valence electrons. The normalized spacial score (nSPS) is 11.3. The van der Waals surface area contributed by atoms with Crippen molar-refractivity contribution in [1.82, 2.24) is 0 Å². The van der Waals surface area contributed by atoms with Gasteiger partial charge in [0.25, 0.3) is 0 Å². The summed E-state index contributed by atoms with van der Waals surface area (Å²) >= 11 is 5.78. The second kappa shape index (κ2) is 5.51. The average Bonchev–Trinajstić information content (AvgIpc) is 2.15. The molecule has 0 saturated heterocycles. The third-order valence-electron chi connectivity index (χ3n) is 1.88. The Bertz CT molecular complexity index is 412. The summed E-state index contributed by atoms with van der Waals surface area (Å²) in [4.78, 5) is 10.4. The summed E-state index contributed by atoms with van der Waals surface area (Å²) in [6, 6.07) is 4.34. The molecule has 0 heterocycles. The zero-order valence-electron chi connectivity index (χ0n) is 8.63. The van der Waals surface area contributed by atoms with Gasteiger partial charge in [0.15, 0.2) is 0 Å². The number of hydrogen-bond acceptors (Lipinski definition) is 2. The molecule has 0 unspecified atom stereocenters. The fraction of sp³-hybridized carbons (Fsp3) is 0.182. The van der Waals surface area contributed by atoms with Gasteiger partial charge >= 0.3 is 5.97 Å². The van der Waals surface area contributed by atoms with Crippen molar-refractivity contribution in [2.75, 3.05) is 11.9 Å². The highest BCUT2D eigenvalue weighted by molar-refractivity contribution is 6.33. The molecule has 1 rings (SSSR count). The van der Waals surface area contributed by atoms with Gasteiger partial charge in [-0.2, -0.15) is 0 Å². The van der Waals surface area contributed by atoms with Crippen LogP contribution in [0.1, 0.15) is 6.92 Å². The van der Waals surface area contributed by atoms with Gasteiger partial charge in [0.2, 0.25) is 0 Å². The molecule has 0 aliphatic rings. The lowest BCUT2D eigenvalue weighted by atomic mass is 10.2. The van der Waals surface area contributed by atoms with E-state index in [1.807, 2.05) is 0 Å². The number of hydrogen-bond donors (Lipinski definition) is 2. The molecular formula is C11H11ClFNO2. The molecule has 0 aliphatic carbocycles. The smallest absolute Gasteiger partial charge is 0.328 e. The number of para-hydroxylation sites is 1. The van der Waals surface area contributed by atoms with E-state index in [4.69, 9.17) is 16.7 Å². The van der Waals surface area contributed by atoms with Crippen LogP contribution in [0.3, 0.4) is 0 Å². The Morgan fingerprint density at radius 1 is 1.62 bits per heavy atom. The molecule has 0 fully saturated rings. The zero-order chi connectivity index (χ0) is 12.1. The Kier molecular flexibility index (Phi) is 4.31. The molecule has 3 nitrogen and oxygen atoms in total. The summed E-state index contributed by atoms with van der Waals surface area (Å²) in [6.07, 6.45) is 1.06. The van der Waals surface area contributed by atoms with Gasteiger partial charge in [0.05, 0.1) is 10.7 Å². The van der Waals surface area contributed by atoms with Crippen molar-refractivity contribution in [2.24, 2.45) is 0 Å². The maximum Gasteiger partial charge on any atom is 0.328 e. The van der Waals surface area contributed by atoms with Crippen LogP contribution in [0, 0.1) is 5.82 Å². The summed E-state index contributed by atoms with van der Waals surface area (Å²) in [7, 11) is 0. The first kappa shape index (κ1) is 12.5. The molecule has 1 aromatic rings. The van der Waals surface area contributed by atoms with Crippen molar-refractivity contribution >= 4 is 23.3 Å². The lowest BCUT2D eigenvalue weighted by Crippen LogP contribution is -2.06. The van der Waals surface area contributed by atoms with E-state index in [1.165, 1.54) is 12.1 Å². The Morgan fingerprint density at radius 3 is 2.88 bits per heavy atom. The number of carbonyl (C=O) groups is 1. The van der Waals surface area contributed by atoms with Crippen molar-refractivity contribution in [1.29, 1.82) is 0 Å². The van der Waals surface area contributed by atoms with Crippen molar-refractivity contribution in [3.05, 3.63) is 40.7 Å². The van der Waals surface area contributed by atoms with Crippen LogP contribution in [0.5, 0.6) is 0 Å². The van der Waals surface area contributed by atoms with Crippen molar-refractivity contribution < 1.29 is 14.3 Å². The molecule has 0 aromatic heterocycles. The van der Waals surface area contributed by atoms with Crippen LogP contribution in [0.25, 0.3) is 0 Å². The van der Waals surface area contributed by atoms with Crippen molar-refractivity contribution in [3.8, 4) is 0 Å². The van der Waals surface area contributed by atoms with Gasteiger partial charge in [-0.3, -0.25) is 0 Å². The fourth-order valence-corrected chi connectivity index (χ4v) is 1.39. The molecule has 0 saturated carbocycles.